The fourth-order valence-electron chi connectivity index (χ4n) is 1.80. The van der Waals surface area contributed by atoms with E-state index in [1.54, 1.807) is 6.92 Å². The molecule has 1 heterocycles. The van der Waals surface area contributed by atoms with Gasteiger partial charge in [-0.25, -0.2) is 9.78 Å². The number of aryl methyl sites for hydroxylation is 1. The Morgan fingerprint density at radius 1 is 1.55 bits per heavy atom. The van der Waals surface area contributed by atoms with Gasteiger partial charge in [0.15, 0.2) is 10.8 Å². The first-order valence-corrected chi connectivity index (χ1v) is 7.57. The Morgan fingerprint density at radius 3 is 2.80 bits per heavy atom. The molecule has 110 valence electrons. The lowest BCUT2D eigenvalue weighted by Crippen LogP contribution is -2.28. The lowest BCUT2D eigenvalue weighted by atomic mass is 10.2. The van der Waals surface area contributed by atoms with Crippen molar-refractivity contribution >= 4 is 22.4 Å². The number of nitrogens with zero attached hydrogens (tertiary/aromatic N) is 3. The zero-order valence-electron chi connectivity index (χ0n) is 12.5. The van der Waals surface area contributed by atoms with Gasteiger partial charge in [-0.15, -0.1) is 11.3 Å². The predicted octanol–water partition coefficient (Wildman–Crippen LogP) is 3.00. The van der Waals surface area contributed by atoms with Gasteiger partial charge in [-0.05, 0) is 19.8 Å². The smallest absolute Gasteiger partial charge is 0.358 e. The first kappa shape index (κ1) is 16.4. The Kier molecular flexibility index (Phi) is 6.46. The second-order valence-corrected chi connectivity index (χ2v) is 6.05. The standard InChI is InChI=1S/C14H21N3O2S/c1-5-19-13(18)12-11(4)20-14(16-12)17(8-6-7-15)9-10(2)3/h10H,5-6,8-9H2,1-4H3. The van der Waals surface area contributed by atoms with Gasteiger partial charge in [-0.1, -0.05) is 13.8 Å². The van der Waals surface area contributed by atoms with Crippen molar-refractivity contribution < 1.29 is 9.53 Å². The Hall–Kier alpha value is -1.61. The van der Waals surface area contributed by atoms with Crippen molar-refractivity contribution in [1.82, 2.24) is 4.98 Å². The number of esters is 1. The van der Waals surface area contributed by atoms with Crippen LogP contribution in [-0.2, 0) is 4.74 Å². The summed E-state index contributed by atoms with van der Waals surface area (Å²) in [7, 11) is 0. The normalized spacial score (nSPS) is 10.4. The second kappa shape index (κ2) is 7.85. The number of nitriles is 1. The molecule has 0 radical (unpaired) electrons. The van der Waals surface area contributed by atoms with Crippen LogP contribution in [0.3, 0.4) is 0 Å². The van der Waals surface area contributed by atoms with E-state index >= 15 is 0 Å². The van der Waals surface area contributed by atoms with Crippen LogP contribution in [0.5, 0.6) is 0 Å². The lowest BCUT2D eigenvalue weighted by Gasteiger charge is -2.22. The highest BCUT2D eigenvalue weighted by atomic mass is 32.1. The molecule has 0 bridgehead atoms. The zero-order valence-corrected chi connectivity index (χ0v) is 13.3. The van der Waals surface area contributed by atoms with E-state index in [9.17, 15) is 4.79 Å². The van der Waals surface area contributed by atoms with E-state index in [-0.39, 0.29) is 5.97 Å². The van der Waals surface area contributed by atoms with Gasteiger partial charge in [0.05, 0.1) is 19.1 Å². The number of thiazole rings is 1. The molecule has 0 unspecified atom stereocenters. The highest BCUT2D eigenvalue weighted by Crippen LogP contribution is 2.27. The summed E-state index contributed by atoms with van der Waals surface area (Å²) >= 11 is 1.47. The number of ether oxygens (including phenoxy) is 1. The van der Waals surface area contributed by atoms with E-state index in [0.29, 0.717) is 31.2 Å². The van der Waals surface area contributed by atoms with Crippen molar-refractivity contribution in [3.63, 3.8) is 0 Å². The maximum absolute atomic E-state index is 11.8. The third-order valence-corrected chi connectivity index (χ3v) is 3.64. The Morgan fingerprint density at radius 2 is 2.25 bits per heavy atom. The van der Waals surface area contributed by atoms with E-state index < -0.39 is 0 Å². The summed E-state index contributed by atoms with van der Waals surface area (Å²) in [6.07, 6.45) is 0.445. The molecule has 0 aromatic carbocycles. The second-order valence-electron chi connectivity index (χ2n) is 4.87. The Balaban J connectivity index is 2.94. The molecule has 0 atom stereocenters. The maximum Gasteiger partial charge on any atom is 0.358 e. The molecule has 0 N–H and O–H groups in total. The SMILES string of the molecule is CCOC(=O)c1nc(N(CCC#N)CC(C)C)sc1C. The summed E-state index contributed by atoms with van der Waals surface area (Å²) in [5.41, 5.74) is 0.387. The number of carbonyl (C=O) groups excluding carboxylic acids is 1. The van der Waals surface area contributed by atoms with Crippen LogP contribution in [0.25, 0.3) is 0 Å². The number of anilines is 1. The Bertz CT molecular complexity index is 491. The van der Waals surface area contributed by atoms with Gasteiger partial charge >= 0.3 is 5.97 Å². The van der Waals surface area contributed by atoms with Crippen molar-refractivity contribution in [2.75, 3.05) is 24.6 Å². The fourth-order valence-corrected chi connectivity index (χ4v) is 2.73. The molecule has 0 spiro atoms. The van der Waals surface area contributed by atoms with E-state index in [2.05, 4.69) is 29.8 Å². The van der Waals surface area contributed by atoms with Crippen LogP contribution in [0.1, 0.15) is 42.6 Å². The molecule has 1 aromatic rings. The van der Waals surface area contributed by atoms with Crippen molar-refractivity contribution in [3.8, 4) is 6.07 Å². The van der Waals surface area contributed by atoms with Crippen LogP contribution in [0.15, 0.2) is 0 Å². The van der Waals surface area contributed by atoms with Crippen molar-refractivity contribution in [2.24, 2.45) is 5.92 Å². The van der Waals surface area contributed by atoms with E-state index in [4.69, 9.17) is 10.00 Å². The van der Waals surface area contributed by atoms with Gasteiger partial charge in [0.2, 0.25) is 0 Å². The van der Waals surface area contributed by atoms with Gasteiger partial charge in [0.25, 0.3) is 0 Å². The van der Waals surface area contributed by atoms with Crippen LogP contribution in [0.4, 0.5) is 5.13 Å². The Labute approximate surface area is 124 Å². The first-order valence-electron chi connectivity index (χ1n) is 6.76. The van der Waals surface area contributed by atoms with Gasteiger partial charge in [0, 0.05) is 18.0 Å². The van der Waals surface area contributed by atoms with Crippen molar-refractivity contribution in [2.45, 2.75) is 34.1 Å². The monoisotopic (exact) mass is 295 g/mol. The molecular formula is C14H21N3O2S. The van der Waals surface area contributed by atoms with Crippen LogP contribution in [-0.4, -0.2) is 30.6 Å². The zero-order chi connectivity index (χ0) is 15.1. The van der Waals surface area contributed by atoms with Crippen molar-refractivity contribution in [3.05, 3.63) is 10.6 Å². The van der Waals surface area contributed by atoms with Gasteiger partial charge in [-0.2, -0.15) is 5.26 Å². The molecular weight excluding hydrogens is 274 g/mol. The van der Waals surface area contributed by atoms with Crippen molar-refractivity contribution in [1.29, 1.82) is 5.26 Å². The quantitative estimate of drug-likeness (QED) is 0.723. The van der Waals surface area contributed by atoms with Crippen LogP contribution < -0.4 is 4.90 Å². The fraction of sp³-hybridized carbons (Fsp3) is 0.643. The molecule has 0 saturated carbocycles. The molecule has 6 heteroatoms. The summed E-state index contributed by atoms with van der Waals surface area (Å²) in [6.45, 7) is 9.66. The van der Waals surface area contributed by atoms with Gasteiger partial charge in [0.1, 0.15) is 0 Å². The molecule has 1 rings (SSSR count). The maximum atomic E-state index is 11.8. The van der Waals surface area contributed by atoms with Crippen LogP contribution in [0.2, 0.25) is 0 Å². The number of hydrogen-bond donors (Lipinski definition) is 0. The molecule has 0 saturated heterocycles. The summed E-state index contributed by atoms with van der Waals surface area (Å²) in [5, 5.41) is 9.53. The molecule has 1 aromatic heterocycles. The highest BCUT2D eigenvalue weighted by molar-refractivity contribution is 7.15. The van der Waals surface area contributed by atoms with Gasteiger partial charge in [-0.3, -0.25) is 0 Å². The minimum atomic E-state index is -0.378. The summed E-state index contributed by atoms with van der Waals surface area (Å²) in [4.78, 5) is 19.1. The van der Waals surface area contributed by atoms with Crippen LogP contribution in [0, 0.1) is 24.2 Å². The number of hydrogen-bond acceptors (Lipinski definition) is 6. The first-order chi connectivity index (χ1) is 9.49. The van der Waals surface area contributed by atoms with E-state index in [1.807, 2.05) is 6.92 Å². The minimum absolute atomic E-state index is 0.343. The summed E-state index contributed by atoms with van der Waals surface area (Å²) < 4.78 is 5.00. The minimum Gasteiger partial charge on any atom is -0.461 e. The topological polar surface area (TPSA) is 66.2 Å². The third-order valence-electron chi connectivity index (χ3n) is 2.60. The molecule has 0 amide bonds. The van der Waals surface area contributed by atoms with Crippen LogP contribution >= 0.6 is 11.3 Å². The van der Waals surface area contributed by atoms with E-state index in [0.717, 1.165) is 16.6 Å². The predicted molar refractivity (Wildman–Crippen MR) is 80.1 cm³/mol. The van der Waals surface area contributed by atoms with Gasteiger partial charge < -0.3 is 9.64 Å². The number of rotatable bonds is 7. The molecule has 5 nitrogen and oxygen atoms in total. The average molecular weight is 295 g/mol. The molecule has 0 fully saturated rings. The molecule has 0 aliphatic rings. The number of carbonyl (C=O) groups is 1. The summed E-state index contributed by atoms with van der Waals surface area (Å²) in [5.74, 6) is 0.0845. The average Bonchev–Trinajstić information content (AvgIpc) is 2.76. The number of aromatic nitrogens is 1. The molecule has 0 aliphatic heterocycles. The van der Waals surface area contributed by atoms with E-state index in [1.165, 1.54) is 11.3 Å². The highest BCUT2D eigenvalue weighted by Gasteiger charge is 2.20. The molecule has 0 aliphatic carbocycles. The lowest BCUT2D eigenvalue weighted by molar-refractivity contribution is 0.0519. The molecule has 20 heavy (non-hydrogen) atoms. The summed E-state index contributed by atoms with van der Waals surface area (Å²) in [6, 6.07) is 2.15. The largest absolute Gasteiger partial charge is 0.461 e. The third kappa shape index (κ3) is 4.49.